The Kier molecular flexibility index (Phi) is 7.49. The standard InChI is InChI=1S/C23H24ClNO5/c1-3-29-23(27)13-16(2)17-7-8-20-18(14-17)15-21(30-20)19(24)5-4-6-22(26)25-9-11-28-12-10-25/h4-8,13-15H,3,9-12H2,1-2H3/b6-4+,16-13+,19-5-. The van der Waals surface area contributed by atoms with Gasteiger partial charge in [-0.2, -0.15) is 0 Å². The van der Waals surface area contributed by atoms with Crippen molar-refractivity contribution in [2.75, 3.05) is 32.9 Å². The molecule has 3 rings (SSSR count). The first-order valence-electron chi connectivity index (χ1n) is 9.78. The molecule has 7 heteroatoms. The van der Waals surface area contributed by atoms with Crippen molar-refractivity contribution in [1.82, 2.24) is 4.90 Å². The number of fused-ring (bicyclic) bond motifs is 1. The highest BCUT2D eigenvalue weighted by atomic mass is 35.5. The molecule has 6 nitrogen and oxygen atoms in total. The minimum atomic E-state index is -0.368. The number of hydrogen-bond donors (Lipinski definition) is 0. The van der Waals surface area contributed by atoms with Crippen LogP contribution in [-0.4, -0.2) is 49.7 Å². The van der Waals surface area contributed by atoms with E-state index in [9.17, 15) is 9.59 Å². The number of nitrogens with zero attached hydrogens (tertiary/aromatic N) is 1. The molecule has 1 fully saturated rings. The number of amides is 1. The number of rotatable bonds is 6. The molecule has 0 atom stereocenters. The molecule has 1 aromatic heterocycles. The summed E-state index contributed by atoms with van der Waals surface area (Å²) in [6.07, 6.45) is 6.20. The number of benzene rings is 1. The molecule has 1 aliphatic heterocycles. The average Bonchev–Trinajstić information content (AvgIpc) is 3.18. The van der Waals surface area contributed by atoms with Crippen molar-refractivity contribution in [2.24, 2.45) is 0 Å². The Hall–Kier alpha value is -2.83. The van der Waals surface area contributed by atoms with Crippen LogP contribution >= 0.6 is 11.6 Å². The molecule has 0 radical (unpaired) electrons. The summed E-state index contributed by atoms with van der Waals surface area (Å²) in [6, 6.07) is 7.46. The Labute approximate surface area is 180 Å². The van der Waals surface area contributed by atoms with E-state index in [1.165, 1.54) is 12.2 Å². The van der Waals surface area contributed by atoms with E-state index < -0.39 is 0 Å². The van der Waals surface area contributed by atoms with E-state index >= 15 is 0 Å². The third kappa shape index (κ3) is 5.62. The Morgan fingerprint density at radius 1 is 1.23 bits per heavy atom. The number of hydrogen-bond acceptors (Lipinski definition) is 5. The molecule has 0 spiro atoms. The van der Waals surface area contributed by atoms with Crippen molar-refractivity contribution in [3.63, 3.8) is 0 Å². The van der Waals surface area contributed by atoms with Gasteiger partial charge in [-0.3, -0.25) is 4.79 Å². The third-order valence-electron chi connectivity index (χ3n) is 4.63. The first-order chi connectivity index (χ1) is 14.5. The maximum atomic E-state index is 12.1. The smallest absolute Gasteiger partial charge is 0.331 e. The van der Waals surface area contributed by atoms with Crippen LogP contribution in [0.3, 0.4) is 0 Å². The van der Waals surface area contributed by atoms with Gasteiger partial charge in [-0.1, -0.05) is 23.7 Å². The molecule has 1 aromatic carbocycles. The zero-order valence-corrected chi connectivity index (χ0v) is 17.8. The lowest BCUT2D eigenvalue weighted by molar-refractivity contribution is -0.137. The van der Waals surface area contributed by atoms with Gasteiger partial charge in [-0.25, -0.2) is 4.79 Å². The SMILES string of the molecule is CCOC(=O)/C=C(\C)c1ccc2oc(/C(Cl)=C/C=C/C(=O)N3CCOCC3)cc2c1. The first kappa shape index (κ1) is 21.9. The first-order valence-corrected chi connectivity index (χ1v) is 10.2. The predicted molar refractivity (Wildman–Crippen MR) is 117 cm³/mol. The second-order valence-corrected chi connectivity index (χ2v) is 7.16. The Morgan fingerprint density at radius 3 is 2.73 bits per heavy atom. The largest absolute Gasteiger partial charge is 0.463 e. The van der Waals surface area contributed by atoms with Gasteiger partial charge in [0.2, 0.25) is 5.91 Å². The molecule has 1 amide bonds. The number of morpholine rings is 1. The van der Waals surface area contributed by atoms with Crippen LogP contribution in [0.1, 0.15) is 25.2 Å². The van der Waals surface area contributed by atoms with Gasteiger partial charge in [0.15, 0.2) is 0 Å². The third-order valence-corrected chi connectivity index (χ3v) is 4.94. The fourth-order valence-electron chi connectivity index (χ4n) is 3.04. The minimum absolute atomic E-state index is 0.0721. The monoisotopic (exact) mass is 429 g/mol. The zero-order valence-electron chi connectivity index (χ0n) is 17.0. The van der Waals surface area contributed by atoms with E-state index in [1.807, 2.05) is 31.2 Å². The second kappa shape index (κ2) is 10.3. The van der Waals surface area contributed by atoms with Crippen LogP contribution in [0.4, 0.5) is 0 Å². The lowest BCUT2D eigenvalue weighted by Crippen LogP contribution is -2.39. The molecule has 1 aliphatic rings. The molecule has 0 N–H and O–H groups in total. The van der Waals surface area contributed by atoms with Gasteiger partial charge in [-0.15, -0.1) is 0 Å². The normalized spacial score (nSPS) is 15.8. The van der Waals surface area contributed by atoms with E-state index in [4.69, 9.17) is 25.5 Å². The van der Waals surface area contributed by atoms with Gasteiger partial charge < -0.3 is 18.8 Å². The molecule has 0 aliphatic carbocycles. The maximum absolute atomic E-state index is 12.1. The summed E-state index contributed by atoms with van der Waals surface area (Å²) < 4.78 is 16.0. The molecule has 0 unspecified atom stereocenters. The second-order valence-electron chi connectivity index (χ2n) is 6.75. The summed E-state index contributed by atoms with van der Waals surface area (Å²) in [5.41, 5.74) is 2.36. The Morgan fingerprint density at radius 2 is 2.00 bits per heavy atom. The number of ether oxygens (including phenoxy) is 2. The quantitative estimate of drug-likeness (QED) is 0.387. The molecule has 2 heterocycles. The van der Waals surface area contributed by atoms with E-state index in [-0.39, 0.29) is 11.9 Å². The van der Waals surface area contributed by atoms with Crippen LogP contribution in [0.5, 0.6) is 0 Å². The highest BCUT2D eigenvalue weighted by Gasteiger charge is 2.14. The van der Waals surface area contributed by atoms with Crippen molar-refractivity contribution >= 4 is 45.1 Å². The Bertz CT molecular complexity index is 1010. The molecular weight excluding hydrogens is 406 g/mol. The summed E-state index contributed by atoms with van der Waals surface area (Å²) in [5, 5.41) is 1.25. The predicted octanol–water partition coefficient (Wildman–Crippen LogP) is 4.39. The highest BCUT2D eigenvalue weighted by molar-refractivity contribution is 6.48. The number of esters is 1. The number of carbonyl (C=O) groups is 2. The van der Waals surface area contributed by atoms with Gasteiger partial charge in [0.05, 0.1) is 24.9 Å². The van der Waals surface area contributed by atoms with Gasteiger partial charge >= 0.3 is 5.97 Å². The van der Waals surface area contributed by atoms with E-state index in [0.29, 0.717) is 49.3 Å². The number of furan rings is 1. The van der Waals surface area contributed by atoms with Crippen LogP contribution in [0.25, 0.3) is 21.6 Å². The fraction of sp³-hybridized carbons (Fsp3) is 0.304. The van der Waals surface area contributed by atoms with Crippen molar-refractivity contribution in [3.05, 3.63) is 59.9 Å². The van der Waals surface area contributed by atoms with Crippen LogP contribution < -0.4 is 0 Å². The molecule has 2 aromatic rings. The molecule has 0 saturated carbocycles. The van der Waals surface area contributed by atoms with Gasteiger partial charge in [0.25, 0.3) is 0 Å². The lowest BCUT2D eigenvalue weighted by atomic mass is 10.1. The molecule has 1 saturated heterocycles. The molecule has 30 heavy (non-hydrogen) atoms. The highest BCUT2D eigenvalue weighted by Crippen LogP contribution is 2.29. The van der Waals surface area contributed by atoms with Crippen molar-refractivity contribution in [1.29, 1.82) is 0 Å². The summed E-state index contributed by atoms with van der Waals surface area (Å²) in [6.45, 7) is 6.27. The minimum Gasteiger partial charge on any atom is -0.463 e. The van der Waals surface area contributed by atoms with Gasteiger partial charge in [0.1, 0.15) is 11.3 Å². The molecule has 0 bridgehead atoms. The number of allylic oxidation sites excluding steroid dienone is 3. The Balaban J connectivity index is 1.73. The average molecular weight is 430 g/mol. The van der Waals surface area contributed by atoms with Gasteiger partial charge in [-0.05, 0) is 49.3 Å². The van der Waals surface area contributed by atoms with Crippen LogP contribution in [0.15, 0.2) is 53.0 Å². The van der Waals surface area contributed by atoms with E-state index in [0.717, 1.165) is 16.5 Å². The molecule has 158 valence electrons. The van der Waals surface area contributed by atoms with Crippen molar-refractivity contribution < 1.29 is 23.5 Å². The number of carbonyl (C=O) groups excluding carboxylic acids is 2. The van der Waals surface area contributed by atoms with Crippen molar-refractivity contribution in [2.45, 2.75) is 13.8 Å². The van der Waals surface area contributed by atoms with Gasteiger partial charge in [0, 0.05) is 30.6 Å². The summed E-state index contributed by atoms with van der Waals surface area (Å²) in [5.74, 6) is 0.0591. The fourth-order valence-corrected chi connectivity index (χ4v) is 3.20. The van der Waals surface area contributed by atoms with Crippen molar-refractivity contribution in [3.8, 4) is 0 Å². The summed E-state index contributed by atoms with van der Waals surface area (Å²) in [4.78, 5) is 25.5. The zero-order chi connectivity index (χ0) is 21.5. The topological polar surface area (TPSA) is 69.0 Å². The van der Waals surface area contributed by atoms with E-state index in [1.54, 1.807) is 24.0 Å². The number of halogens is 1. The molecular formula is C23H24ClNO5. The van der Waals surface area contributed by atoms with E-state index in [2.05, 4.69) is 0 Å². The lowest BCUT2D eigenvalue weighted by Gasteiger charge is -2.25. The van der Waals surface area contributed by atoms with Crippen LogP contribution in [0.2, 0.25) is 0 Å². The maximum Gasteiger partial charge on any atom is 0.331 e. The van der Waals surface area contributed by atoms with Crippen LogP contribution in [0, 0.1) is 0 Å². The summed E-state index contributed by atoms with van der Waals surface area (Å²) >= 11 is 6.35. The van der Waals surface area contributed by atoms with Crippen LogP contribution in [-0.2, 0) is 19.1 Å². The summed E-state index contributed by atoms with van der Waals surface area (Å²) in [7, 11) is 0.